The maximum atomic E-state index is 11.2. The van der Waals surface area contributed by atoms with Crippen LogP contribution in [0, 0.1) is 0 Å². The van der Waals surface area contributed by atoms with Crippen molar-refractivity contribution in [2.24, 2.45) is 0 Å². The predicted molar refractivity (Wildman–Crippen MR) is 148 cm³/mol. The number of phenolic OH excluding ortho intramolecular Hbond substituents is 2. The van der Waals surface area contributed by atoms with E-state index in [1.54, 1.807) is 64.5 Å². The van der Waals surface area contributed by atoms with Crippen molar-refractivity contribution in [2.75, 3.05) is 13.8 Å². The van der Waals surface area contributed by atoms with E-state index in [1.807, 2.05) is 24.3 Å². The van der Waals surface area contributed by atoms with Crippen LogP contribution >= 0.6 is 30.9 Å². The summed E-state index contributed by atoms with van der Waals surface area (Å²) in [6.45, 7) is -0.419. The minimum Gasteiger partial charge on any atom is -0.508 e. The molecule has 1 amide bonds. The van der Waals surface area contributed by atoms with E-state index in [0.717, 1.165) is 10.6 Å². The van der Waals surface area contributed by atoms with Crippen LogP contribution in [0.15, 0.2) is 72.8 Å². The van der Waals surface area contributed by atoms with Gasteiger partial charge in [-0.15, -0.1) is 0 Å². The standard InChI is InChI=1S/C14H13NO3P2S4.C7H8O3/c1-15-14(17)18-11-4-8-13(9-5-11)20(22)23-19(21,24-20)12-6-2-10(16)3-7-12;8-5-10-7-4-2-1-3-6(7)9/h2-9,16H,1H3,(H,15,17);1-4,8-9H,5H2. The van der Waals surface area contributed by atoms with Gasteiger partial charge in [0.05, 0.1) is 8.88 Å². The third-order valence-corrected chi connectivity index (χ3v) is 35.5. The third kappa shape index (κ3) is 6.70. The number of carbonyl (C=O) groups excluding carboxylic acids is 1. The van der Waals surface area contributed by atoms with Gasteiger partial charge >= 0.3 is 6.09 Å². The predicted octanol–water partition coefficient (Wildman–Crippen LogP) is 4.88. The number of carbonyl (C=O) groups is 1. The fourth-order valence-electron chi connectivity index (χ4n) is 2.62. The third-order valence-electron chi connectivity index (χ3n) is 4.25. The molecule has 3 aromatic rings. The quantitative estimate of drug-likeness (QED) is 0.249. The number of ether oxygens (including phenoxy) is 2. The van der Waals surface area contributed by atoms with E-state index in [2.05, 4.69) is 10.1 Å². The molecule has 1 saturated heterocycles. The summed E-state index contributed by atoms with van der Waals surface area (Å²) in [7, 11) is 1.51. The Kier molecular flexibility index (Phi) is 9.34. The fourth-order valence-corrected chi connectivity index (χ4v) is 44.9. The van der Waals surface area contributed by atoms with Crippen LogP contribution in [0.4, 0.5) is 4.79 Å². The highest BCUT2D eigenvalue weighted by Gasteiger charge is 2.45. The molecule has 1 heterocycles. The molecule has 0 atom stereocenters. The lowest BCUT2D eigenvalue weighted by atomic mass is 10.3. The number of hydrogen-bond donors (Lipinski definition) is 4. The van der Waals surface area contributed by atoms with Crippen molar-refractivity contribution in [3.8, 4) is 23.0 Å². The molecule has 0 saturated carbocycles. The molecule has 4 rings (SSSR count). The van der Waals surface area contributed by atoms with Gasteiger partial charge in [0.25, 0.3) is 0 Å². The molecule has 1 aliphatic rings. The average molecular weight is 574 g/mol. The molecule has 1 fully saturated rings. The van der Waals surface area contributed by atoms with Crippen molar-refractivity contribution in [1.29, 1.82) is 0 Å². The lowest BCUT2D eigenvalue weighted by Gasteiger charge is -2.40. The fraction of sp³-hybridized carbons (Fsp3) is 0.0952. The first-order valence-electron chi connectivity index (χ1n) is 9.63. The summed E-state index contributed by atoms with van der Waals surface area (Å²) in [5.41, 5.74) is 0. The number of rotatable bonds is 5. The second-order valence-corrected chi connectivity index (χ2v) is 27.8. The van der Waals surface area contributed by atoms with Crippen LogP contribution in [0.1, 0.15) is 0 Å². The molecule has 34 heavy (non-hydrogen) atoms. The second kappa shape index (κ2) is 11.8. The highest BCUT2D eigenvalue weighted by molar-refractivity contribution is 9.48. The van der Waals surface area contributed by atoms with Crippen LogP contribution in [-0.2, 0) is 23.6 Å². The number of nitrogens with one attached hydrogen (secondary N) is 1. The van der Waals surface area contributed by atoms with Crippen molar-refractivity contribution < 1.29 is 29.6 Å². The van der Waals surface area contributed by atoms with Gasteiger partial charge in [-0.25, -0.2) is 4.79 Å². The number of aliphatic hydroxyl groups excluding tert-OH is 1. The lowest BCUT2D eigenvalue weighted by Crippen LogP contribution is -2.22. The van der Waals surface area contributed by atoms with Crippen LogP contribution < -0.4 is 25.4 Å². The van der Waals surface area contributed by atoms with Gasteiger partial charge in [-0.2, -0.15) is 0 Å². The first-order chi connectivity index (χ1) is 16.2. The highest BCUT2D eigenvalue weighted by atomic mass is 33.7. The Labute approximate surface area is 214 Å². The maximum absolute atomic E-state index is 11.2. The van der Waals surface area contributed by atoms with Crippen molar-refractivity contribution in [2.45, 2.75) is 0 Å². The molecule has 180 valence electrons. The minimum absolute atomic E-state index is 0.0385. The zero-order chi connectivity index (χ0) is 24.8. The molecule has 0 unspecified atom stereocenters. The van der Waals surface area contributed by atoms with Gasteiger partial charge in [0.2, 0.25) is 0 Å². The normalized spacial score (nSPS) is 20.8. The highest BCUT2D eigenvalue weighted by Crippen LogP contribution is 3.04. The summed E-state index contributed by atoms with van der Waals surface area (Å²) in [5, 5.41) is 31.3. The summed E-state index contributed by atoms with van der Waals surface area (Å²) < 4.78 is 6.13. The maximum Gasteiger partial charge on any atom is 0.412 e. The molecular formula is C21H21NO6P2S4. The Balaban J connectivity index is 0.000000271. The first kappa shape index (κ1) is 26.9. The van der Waals surface area contributed by atoms with Gasteiger partial charge in [-0.05, 0) is 60.7 Å². The summed E-state index contributed by atoms with van der Waals surface area (Å²) in [6, 6.07) is 20.9. The Morgan fingerprint density at radius 2 is 1.44 bits per heavy atom. The van der Waals surface area contributed by atoms with Gasteiger partial charge in [0, 0.05) is 17.7 Å². The number of aromatic hydroxyl groups is 2. The van der Waals surface area contributed by atoms with Gasteiger partial charge in [0.1, 0.15) is 11.5 Å². The lowest BCUT2D eigenvalue weighted by molar-refractivity contribution is 0.0955. The van der Waals surface area contributed by atoms with Gasteiger partial charge in [0.15, 0.2) is 18.3 Å². The zero-order valence-corrected chi connectivity index (χ0v) is 22.8. The number of benzene rings is 3. The first-order valence-corrected chi connectivity index (χ1v) is 19.3. The van der Waals surface area contributed by atoms with Gasteiger partial charge in [-0.1, -0.05) is 57.7 Å². The van der Waals surface area contributed by atoms with Crippen molar-refractivity contribution in [1.82, 2.24) is 5.32 Å². The average Bonchev–Trinajstić information content (AvgIpc) is 2.81. The number of phenols is 2. The molecule has 7 nitrogen and oxygen atoms in total. The molecule has 3 aromatic carbocycles. The Hall–Kier alpha value is -1.71. The molecule has 13 heteroatoms. The minimum atomic E-state index is -1.81. The van der Waals surface area contributed by atoms with Crippen LogP contribution in [0.3, 0.4) is 0 Å². The molecular weight excluding hydrogens is 552 g/mol. The molecule has 1 aliphatic heterocycles. The van der Waals surface area contributed by atoms with Crippen LogP contribution in [0.2, 0.25) is 0 Å². The van der Waals surface area contributed by atoms with Gasteiger partial charge in [-0.3, -0.25) is 0 Å². The molecule has 0 aliphatic carbocycles. The Morgan fingerprint density at radius 1 is 0.912 bits per heavy atom. The number of amides is 1. The summed E-state index contributed by atoms with van der Waals surface area (Å²) in [6.07, 6.45) is -0.499. The Bertz CT molecular complexity index is 1230. The Morgan fingerprint density at radius 3 is 1.94 bits per heavy atom. The SMILES string of the molecule is CNC(=O)Oc1ccc(P2(=S)SP(=S)(c3ccc(O)cc3)S2)cc1.OCOc1ccccc1O. The smallest absolute Gasteiger partial charge is 0.412 e. The largest absolute Gasteiger partial charge is 0.508 e. The number of hydrogen-bond acceptors (Lipinski definition) is 10. The van der Waals surface area contributed by atoms with Crippen LogP contribution in [0.25, 0.3) is 0 Å². The van der Waals surface area contributed by atoms with Gasteiger partial charge < -0.3 is 30.1 Å². The molecule has 0 aromatic heterocycles. The van der Waals surface area contributed by atoms with E-state index in [4.69, 9.17) is 38.6 Å². The van der Waals surface area contributed by atoms with E-state index in [0.29, 0.717) is 11.5 Å². The zero-order valence-electron chi connectivity index (χ0n) is 17.7. The van der Waals surface area contributed by atoms with E-state index < -0.39 is 21.8 Å². The van der Waals surface area contributed by atoms with Crippen molar-refractivity contribution in [3.63, 3.8) is 0 Å². The summed E-state index contributed by atoms with van der Waals surface area (Å²) in [4.78, 5) is 11.2. The molecule has 0 spiro atoms. The molecule has 0 bridgehead atoms. The summed E-state index contributed by atoms with van der Waals surface area (Å²) >= 11 is 15.1. The van der Waals surface area contributed by atoms with Crippen LogP contribution in [0.5, 0.6) is 23.0 Å². The van der Waals surface area contributed by atoms with Crippen LogP contribution in [-0.4, -0.2) is 35.3 Å². The van der Waals surface area contributed by atoms with Crippen molar-refractivity contribution >= 4 is 71.2 Å². The van der Waals surface area contributed by atoms with E-state index >= 15 is 0 Å². The number of para-hydroxylation sites is 2. The monoisotopic (exact) mass is 573 g/mol. The van der Waals surface area contributed by atoms with E-state index in [-0.39, 0.29) is 11.5 Å². The number of aliphatic hydroxyl groups is 1. The van der Waals surface area contributed by atoms with E-state index in [9.17, 15) is 9.90 Å². The molecule has 4 N–H and O–H groups in total. The molecule has 0 radical (unpaired) electrons. The summed E-state index contributed by atoms with van der Waals surface area (Å²) in [5.74, 6) is 1.05. The van der Waals surface area contributed by atoms with Crippen molar-refractivity contribution in [3.05, 3.63) is 72.8 Å². The topological polar surface area (TPSA) is 108 Å². The second-order valence-electron chi connectivity index (χ2n) is 6.55. The van der Waals surface area contributed by atoms with E-state index in [1.165, 1.54) is 13.1 Å².